The van der Waals surface area contributed by atoms with E-state index in [4.69, 9.17) is 4.74 Å². The van der Waals surface area contributed by atoms with Crippen LogP contribution in [0.5, 0.6) is 5.75 Å². The highest BCUT2D eigenvalue weighted by molar-refractivity contribution is 7.92. The number of carbonyl (C=O) groups is 1. The van der Waals surface area contributed by atoms with Crippen molar-refractivity contribution in [1.82, 2.24) is 0 Å². The molecule has 156 valence electrons. The zero-order chi connectivity index (χ0) is 21.9. The molecule has 0 aliphatic carbocycles. The molecule has 0 saturated heterocycles. The fraction of sp³-hybridized carbons (Fsp3) is 0.174. The van der Waals surface area contributed by atoms with Crippen molar-refractivity contribution in [2.45, 2.75) is 18.7 Å². The molecule has 0 aliphatic heterocycles. The molecule has 7 heteroatoms. The van der Waals surface area contributed by atoms with Crippen LogP contribution in [0, 0.1) is 13.8 Å². The van der Waals surface area contributed by atoms with Crippen molar-refractivity contribution < 1.29 is 17.9 Å². The van der Waals surface area contributed by atoms with E-state index in [1.807, 2.05) is 26.0 Å². The number of amides is 1. The van der Waals surface area contributed by atoms with E-state index in [2.05, 4.69) is 5.32 Å². The Bertz CT molecular complexity index is 1190. The lowest BCUT2D eigenvalue weighted by atomic mass is 10.1. The summed E-state index contributed by atoms with van der Waals surface area (Å²) in [6.45, 7) is 3.80. The van der Waals surface area contributed by atoms with Gasteiger partial charge in [0.05, 0.1) is 23.4 Å². The number of methoxy groups -OCH3 is 1. The quantitative estimate of drug-likeness (QED) is 0.637. The van der Waals surface area contributed by atoms with Crippen molar-refractivity contribution >= 4 is 27.3 Å². The summed E-state index contributed by atoms with van der Waals surface area (Å²) in [5.74, 6) is 0.103. The first-order chi connectivity index (χ1) is 14.2. The number of anilines is 2. The Morgan fingerprint density at radius 2 is 1.63 bits per heavy atom. The number of nitrogens with zero attached hydrogens (tertiary/aromatic N) is 1. The molecular weight excluding hydrogens is 400 g/mol. The van der Waals surface area contributed by atoms with E-state index in [-0.39, 0.29) is 10.5 Å². The van der Waals surface area contributed by atoms with Crippen molar-refractivity contribution in [1.29, 1.82) is 0 Å². The van der Waals surface area contributed by atoms with Gasteiger partial charge in [-0.15, -0.1) is 0 Å². The second kappa shape index (κ2) is 8.59. The van der Waals surface area contributed by atoms with Gasteiger partial charge in [-0.05, 0) is 67.4 Å². The molecule has 0 atom stereocenters. The maximum atomic E-state index is 13.1. The second-order valence-corrected chi connectivity index (χ2v) is 8.97. The first kappa shape index (κ1) is 21.4. The molecule has 0 radical (unpaired) electrons. The van der Waals surface area contributed by atoms with E-state index in [9.17, 15) is 13.2 Å². The average Bonchev–Trinajstić information content (AvgIpc) is 2.73. The minimum atomic E-state index is -3.83. The highest BCUT2D eigenvalue weighted by Gasteiger charge is 2.23. The summed E-state index contributed by atoms with van der Waals surface area (Å²) in [6, 6.07) is 18.6. The third-order valence-corrected chi connectivity index (χ3v) is 6.50. The van der Waals surface area contributed by atoms with Gasteiger partial charge in [0, 0.05) is 12.6 Å². The molecule has 6 nitrogen and oxygen atoms in total. The molecule has 3 aromatic carbocycles. The average molecular weight is 425 g/mol. The molecule has 3 aromatic rings. The van der Waals surface area contributed by atoms with Gasteiger partial charge in [-0.1, -0.05) is 24.3 Å². The van der Waals surface area contributed by atoms with Crippen molar-refractivity contribution in [3.8, 4) is 5.75 Å². The predicted octanol–water partition coefficient (Wildman–Crippen LogP) is 4.39. The highest BCUT2D eigenvalue weighted by atomic mass is 32.2. The monoisotopic (exact) mass is 424 g/mol. The number of sulfonamides is 1. The summed E-state index contributed by atoms with van der Waals surface area (Å²) in [6.07, 6.45) is 0. The Labute approximate surface area is 177 Å². The summed E-state index contributed by atoms with van der Waals surface area (Å²) in [7, 11) is -0.812. The zero-order valence-corrected chi connectivity index (χ0v) is 18.2. The molecule has 0 bridgehead atoms. The highest BCUT2D eigenvalue weighted by Crippen LogP contribution is 2.27. The molecule has 1 N–H and O–H groups in total. The zero-order valence-electron chi connectivity index (χ0n) is 17.3. The van der Waals surface area contributed by atoms with Crippen LogP contribution in [0.2, 0.25) is 0 Å². The minimum Gasteiger partial charge on any atom is -0.495 e. The Balaban J connectivity index is 1.90. The maximum Gasteiger partial charge on any atom is 0.264 e. The number of nitrogens with one attached hydrogen (secondary N) is 1. The Kier molecular flexibility index (Phi) is 6.12. The standard InChI is InChI=1S/C23H24N2O4S/c1-16-7-5-9-19(13-16)25(3)30(27,28)20-10-6-8-18(15-20)23(26)24-21-14-17(2)11-12-22(21)29-4/h5-15H,1-4H3,(H,24,26). The van der Waals surface area contributed by atoms with Crippen LogP contribution >= 0.6 is 0 Å². The van der Waals surface area contributed by atoms with Gasteiger partial charge in [0.15, 0.2) is 0 Å². The van der Waals surface area contributed by atoms with Gasteiger partial charge >= 0.3 is 0 Å². The van der Waals surface area contributed by atoms with Crippen LogP contribution < -0.4 is 14.4 Å². The molecule has 3 rings (SSSR count). The van der Waals surface area contributed by atoms with Crippen LogP contribution in [0.1, 0.15) is 21.5 Å². The van der Waals surface area contributed by atoms with Crippen molar-refractivity contribution in [2.75, 3.05) is 23.8 Å². The molecule has 0 unspecified atom stereocenters. The molecule has 0 aliphatic rings. The fourth-order valence-electron chi connectivity index (χ4n) is 3.03. The van der Waals surface area contributed by atoms with Gasteiger partial charge < -0.3 is 10.1 Å². The lowest BCUT2D eigenvalue weighted by Crippen LogP contribution is -2.27. The molecule has 0 spiro atoms. The predicted molar refractivity (Wildman–Crippen MR) is 119 cm³/mol. The molecule has 1 amide bonds. The number of benzene rings is 3. The second-order valence-electron chi connectivity index (χ2n) is 7.00. The Morgan fingerprint density at radius 1 is 0.933 bits per heavy atom. The van der Waals surface area contributed by atoms with Gasteiger partial charge in [0.25, 0.3) is 15.9 Å². The van der Waals surface area contributed by atoms with Gasteiger partial charge in [-0.3, -0.25) is 9.10 Å². The maximum absolute atomic E-state index is 13.1. The third kappa shape index (κ3) is 4.46. The third-order valence-electron chi connectivity index (χ3n) is 4.72. The first-order valence-corrected chi connectivity index (χ1v) is 10.8. The number of hydrogen-bond acceptors (Lipinski definition) is 4. The van der Waals surface area contributed by atoms with Crippen LogP contribution in [-0.4, -0.2) is 28.5 Å². The van der Waals surface area contributed by atoms with Crippen LogP contribution in [0.3, 0.4) is 0 Å². The lowest BCUT2D eigenvalue weighted by molar-refractivity contribution is 0.102. The van der Waals surface area contributed by atoms with Crippen LogP contribution in [0.25, 0.3) is 0 Å². The molecule has 0 heterocycles. The van der Waals surface area contributed by atoms with Gasteiger partial charge in [-0.2, -0.15) is 0 Å². The normalized spacial score (nSPS) is 11.1. The van der Waals surface area contributed by atoms with Crippen molar-refractivity contribution in [3.05, 3.63) is 83.4 Å². The van der Waals surface area contributed by atoms with Gasteiger partial charge in [-0.25, -0.2) is 8.42 Å². The van der Waals surface area contributed by atoms with Crippen molar-refractivity contribution in [2.24, 2.45) is 0 Å². The Morgan fingerprint density at radius 3 is 2.33 bits per heavy atom. The van der Waals surface area contributed by atoms with E-state index >= 15 is 0 Å². The molecule has 0 saturated carbocycles. The summed E-state index contributed by atoms with van der Waals surface area (Å²) in [4.78, 5) is 12.8. The van der Waals surface area contributed by atoms with Crippen molar-refractivity contribution in [3.63, 3.8) is 0 Å². The lowest BCUT2D eigenvalue weighted by Gasteiger charge is -2.20. The van der Waals surface area contributed by atoms with E-state index in [1.165, 1.54) is 30.6 Å². The Hall–Kier alpha value is -3.32. The number of aryl methyl sites for hydroxylation is 2. The van der Waals surface area contributed by atoms with Crippen LogP contribution in [0.15, 0.2) is 71.6 Å². The smallest absolute Gasteiger partial charge is 0.264 e. The molecular formula is C23H24N2O4S. The number of ether oxygens (including phenoxy) is 1. The number of carbonyl (C=O) groups excluding carboxylic acids is 1. The first-order valence-electron chi connectivity index (χ1n) is 9.34. The van der Waals surface area contributed by atoms with E-state index < -0.39 is 15.9 Å². The molecule has 30 heavy (non-hydrogen) atoms. The summed E-state index contributed by atoms with van der Waals surface area (Å²) < 4.78 is 32.7. The van der Waals surface area contributed by atoms with Gasteiger partial charge in [0.1, 0.15) is 5.75 Å². The summed E-state index contributed by atoms with van der Waals surface area (Å²) in [5, 5.41) is 2.79. The SMILES string of the molecule is COc1ccc(C)cc1NC(=O)c1cccc(S(=O)(=O)N(C)c2cccc(C)c2)c1. The number of rotatable bonds is 6. The largest absolute Gasteiger partial charge is 0.495 e. The van der Waals surface area contributed by atoms with E-state index in [0.717, 1.165) is 11.1 Å². The molecule has 0 aromatic heterocycles. The van der Waals surface area contributed by atoms with Gasteiger partial charge in [0.2, 0.25) is 0 Å². The number of hydrogen-bond donors (Lipinski definition) is 1. The minimum absolute atomic E-state index is 0.0374. The summed E-state index contributed by atoms with van der Waals surface area (Å²) >= 11 is 0. The van der Waals surface area contributed by atoms with Crippen LogP contribution in [-0.2, 0) is 10.0 Å². The van der Waals surface area contributed by atoms with E-state index in [1.54, 1.807) is 42.5 Å². The topological polar surface area (TPSA) is 75.7 Å². The fourth-order valence-corrected chi connectivity index (χ4v) is 4.27. The van der Waals surface area contributed by atoms with Crippen LogP contribution in [0.4, 0.5) is 11.4 Å². The van der Waals surface area contributed by atoms with E-state index in [0.29, 0.717) is 17.1 Å². The molecule has 0 fully saturated rings. The summed E-state index contributed by atoms with van der Waals surface area (Å²) in [5.41, 5.74) is 3.22.